The largest absolute Gasteiger partial charge is 0.486 e. The highest BCUT2D eigenvalue weighted by Crippen LogP contribution is 2.34. The highest BCUT2D eigenvalue weighted by molar-refractivity contribution is 5.69. The summed E-state index contributed by atoms with van der Waals surface area (Å²) < 4.78 is 11.3. The maximum Gasteiger partial charge on any atom is 0.410 e. The van der Waals surface area contributed by atoms with E-state index in [-0.39, 0.29) is 12.1 Å². The summed E-state index contributed by atoms with van der Waals surface area (Å²) in [6.45, 7) is 8.52. The third kappa shape index (κ3) is 4.60. The summed E-state index contributed by atoms with van der Waals surface area (Å²) in [5, 5.41) is 0. The van der Waals surface area contributed by atoms with Gasteiger partial charge in [0.25, 0.3) is 0 Å². The van der Waals surface area contributed by atoms with Crippen LogP contribution >= 0.6 is 0 Å². The van der Waals surface area contributed by atoms with Gasteiger partial charge in [-0.05, 0) is 32.8 Å². The Hall–Kier alpha value is -2.83. The molecule has 2 aromatic rings. The molecule has 2 saturated heterocycles. The maximum atomic E-state index is 12.5. The van der Waals surface area contributed by atoms with Crippen LogP contribution in [-0.2, 0) is 11.3 Å². The first kappa shape index (κ1) is 19.5. The summed E-state index contributed by atoms with van der Waals surface area (Å²) in [6, 6.07) is 10.2. The van der Waals surface area contributed by atoms with Crippen molar-refractivity contribution in [3.63, 3.8) is 0 Å². The SMILES string of the molecule is CC(C)(C)OC(=O)N1CCC2CN(c3ncc(OCc4ccccc4)cn3)CC21. The van der Waals surface area contributed by atoms with E-state index in [1.165, 1.54) is 0 Å². The van der Waals surface area contributed by atoms with Crippen molar-refractivity contribution in [1.82, 2.24) is 14.9 Å². The molecule has 2 fully saturated rings. The molecule has 29 heavy (non-hydrogen) atoms. The van der Waals surface area contributed by atoms with Crippen molar-refractivity contribution < 1.29 is 14.3 Å². The monoisotopic (exact) mass is 396 g/mol. The molecule has 2 unspecified atom stereocenters. The van der Waals surface area contributed by atoms with E-state index < -0.39 is 5.60 Å². The molecule has 0 saturated carbocycles. The number of rotatable bonds is 4. The first-order valence-electron chi connectivity index (χ1n) is 10.1. The predicted molar refractivity (Wildman–Crippen MR) is 110 cm³/mol. The molecule has 0 spiro atoms. The molecule has 0 aliphatic carbocycles. The van der Waals surface area contributed by atoms with Crippen LogP contribution in [0.4, 0.5) is 10.7 Å². The molecule has 0 bridgehead atoms. The minimum atomic E-state index is -0.480. The van der Waals surface area contributed by atoms with Crippen LogP contribution in [0.25, 0.3) is 0 Å². The van der Waals surface area contributed by atoms with Gasteiger partial charge in [0, 0.05) is 25.6 Å². The average Bonchev–Trinajstić information content (AvgIpc) is 3.27. The van der Waals surface area contributed by atoms with E-state index in [1.807, 2.05) is 56.0 Å². The molecule has 1 aromatic heterocycles. The van der Waals surface area contributed by atoms with Crippen molar-refractivity contribution in [3.05, 3.63) is 48.3 Å². The lowest BCUT2D eigenvalue weighted by atomic mass is 10.1. The van der Waals surface area contributed by atoms with E-state index in [0.29, 0.717) is 24.2 Å². The van der Waals surface area contributed by atoms with Crippen molar-refractivity contribution in [3.8, 4) is 5.75 Å². The number of ether oxygens (including phenoxy) is 2. The Labute approximate surface area is 171 Å². The fraction of sp³-hybridized carbons (Fsp3) is 0.500. The number of amides is 1. The highest BCUT2D eigenvalue weighted by atomic mass is 16.6. The fourth-order valence-electron chi connectivity index (χ4n) is 3.96. The Morgan fingerprint density at radius 1 is 1.14 bits per heavy atom. The Morgan fingerprint density at radius 2 is 1.86 bits per heavy atom. The van der Waals surface area contributed by atoms with Crippen molar-refractivity contribution >= 4 is 12.0 Å². The van der Waals surface area contributed by atoms with E-state index >= 15 is 0 Å². The smallest absolute Gasteiger partial charge is 0.410 e. The van der Waals surface area contributed by atoms with Gasteiger partial charge >= 0.3 is 6.09 Å². The lowest BCUT2D eigenvalue weighted by Crippen LogP contribution is -2.42. The first-order chi connectivity index (χ1) is 13.9. The molecule has 4 rings (SSSR count). The molecule has 7 heteroatoms. The van der Waals surface area contributed by atoms with Crippen molar-refractivity contribution in [2.24, 2.45) is 5.92 Å². The van der Waals surface area contributed by atoms with Gasteiger partial charge < -0.3 is 19.3 Å². The van der Waals surface area contributed by atoms with Crippen molar-refractivity contribution in [2.45, 2.75) is 45.4 Å². The Kier molecular flexibility index (Phi) is 5.30. The van der Waals surface area contributed by atoms with Crippen LogP contribution in [0.3, 0.4) is 0 Å². The molecule has 0 N–H and O–H groups in total. The van der Waals surface area contributed by atoms with Gasteiger partial charge in [0.15, 0.2) is 5.75 Å². The topological polar surface area (TPSA) is 67.8 Å². The van der Waals surface area contributed by atoms with E-state index in [9.17, 15) is 4.79 Å². The lowest BCUT2D eigenvalue weighted by molar-refractivity contribution is 0.0229. The number of fused-ring (bicyclic) bond motifs is 1. The second-order valence-electron chi connectivity index (χ2n) is 8.69. The molecule has 1 aromatic carbocycles. The lowest BCUT2D eigenvalue weighted by Gasteiger charge is -2.28. The fourth-order valence-corrected chi connectivity index (χ4v) is 3.96. The van der Waals surface area contributed by atoms with Crippen LogP contribution in [0.2, 0.25) is 0 Å². The predicted octanol–water partition coefficient (Wildman–Crippen LogP) is 3.50. The summed E-state index contributed by atoms with van der Waals surface area (Å²) in [7, 11) is 0. The minimum absolute atomic E-state index is 0.155. The van der Waals surface area contributed by atoms with Crippen LogP contribution in [-0.4, -0.2) is 52.2 Å². The van der Waals surface area contributed by atoms with Crippen LogP contribution < -0.4 is 9.64 Å². The second-order valence-corrected chi connectivity index (χ2v) is 8.69. The summed E-state index contributed by atoms with van der Waals surface area (Å²) in [6.07, 6.45) is 4.19. The molecular weight excluding hydrogens is 368 g/mol. The number of likely N-dealkylation sites (tertiary alicyclic amines) is 1. The number of aromatic nitrogens is 2. The zero-order valence-electron chi connectivity index (χ0n) is 17.2. The average molecular weight is 396 g/mol. The molecule has 7 nitrogen and oxygen atoms in total. The Balaban J connectivity index is 1.35. The number of anilines is 1. The molecule has 1 amide bonds. The van der Waals surface area contributed by atoms with Gasteiger partial charge in [-0.25, -0.2) is 14.8 Å². The van der Waals surface area contributed by atoms with E-state index in [4.69, 9.17) is 9.47 Å². The minimum Gasteiger partial charge on any atom is -0.486 e. The first-order valence-corrected chi connectivity index (χ1v) is 10.1. The molecule has 154 valence electrons. The molecular formula is C22H28N4O3. The molecule has 0 radical (unpaired) electrons. The molecule has 2 atom stereocenters. The van der Waals surface area contributed by atoms with E-state index in [2.05, 4.69) is 14.9 Å². The van der Waals surface area contributed by atoms with Gasteiger partial charge in [0.05, 0.1) is 18.4 Å². The molecule has 2 aliphatic heterocycles. The van der Waals surface area contributed by atoms with Crippen LogP contribution in [0.15, 0.2) is 42.7 Å². The third-order valence-corrected chi connectivity index (χ3v) is 5.32. The van der Waals surface area contributed by atoms with Crippen molar-refractivity contribution in [1.29, 1.82) is 0 Å². The Morgan fingerprint density at radius 3 is 2.55 bits per heavy atom. The second kappa shape index (κ2) is 7.89. The summed E-state index contributed by atoms with van der Waals surface area (Å²) in [4.78, 5) is 25.5. The maximum absolute atomic E-state index is 12.5. The van der Waals surface area contributed by atoms with Crippen LogP contribution in [0.5, 0.6) is 5.75 Å². The standard InChI is InChI=1S/C22H28N4O3/c1-22(2,3)29-21(27)26-10-9-17-13-25(14-19(17)26)20-23-11-18(12-24-20)28-15-16-7-5-4-6-8-16/h4-8,11-12,17,19H,9-10,13-15H2,1-3H3. The quantitative estimate of drug-likeness (QED) is 0.788. The number of carbonyl (C=O) groups is 1. The zero-order valence-corrected chi connectivity index (χ0v) is 17.2. The number of hydrogen-bond acceptors (Lipinski definition) is 6. The van der Waals surface area contributed by atoms with E-state index in [1.54, 1.807) is 12.4 Å². The van der Waals surface area contributed by atoms with Gasteiger partial charge in [0.1, 0.15) is 12.2 Å². The van der Waals surface area contributed by atoms with Gasteiger partial charge in [-0.1, -0.05) is 30.3 Å². The number of carbonyl (C=O) groups excluding carboxylic acids is 1. The van der Waals surface area contributed by atoms with Gasteiger partial charge in [-0.2, -0.15) is 0 Å². The summed E-state index contributed by atoms with van der Waals surface area (Å²) >= 11 is 0. The molecule has 3 heterocycles. The van der Waals surface area contributed by atoms with Gasteiger partial charge in [0.2, 0.25) is 5.95 Å². The third-order valence-electron chi connectivity index (χ3n) is 5.32. The highest BCUT2D eigenvalue weighted by Gasteiger charge is 2.45. The van der Waals surface area contributed by atoms with Crippen molar-refractivity contribution in [2.75, 3.05) is 24.5 Å². The van der Waals surface area contributed by atoms with Gasteiger partial charge in [-0.15, -0.1) is 0 Å². The Bertz CT molecular complexity index is 835. The number of benzene rings is 1. The summed E-state index contributed by atoms with van der Waals surface area (Å²) in [5.41, 5.74) is 0.623. The summed E-state index contributed by atoms with van der Waals surface area (Å²) in [5.74, 6) is 1.75. The van der Waals surface area contributed by atoms with Crippen LogP contribution in [0.1, 0.15) is 32.8 Å². The van der Waals surface area contributed by atoms with E-state index in [0.717, 1.165) is 31.6 Å². The number of nitrogens with zero attached hydrogens (tertiary/aromatic N) is 4. The zero-order chi connectivity index (χ0) is 20.4. The number of hydrogen-bond donors (Lipinski definition) is 0. The normalized spacial score (nSPS) is 21.2. The van der Waals surface area contributed by atoms with Gasteiger partial charge in [-0.3, -0.25) is 0 Å². The molecule has 2 aliphatic rings. The van der Waals surface area contributed by atoms with Crippen LogP contribution in [0, 0.1) is 5.92 Å².